The standard InChI is InChI=1S/C20H24N4O/c1-15-8-10-16(11-9-15)19-22-18(20(25)23(2)13-6-12-21)17-7-4-3-5-14-24(17)19/h8-11H,3-7,13-14H2,1-2H3. The van der Waals surface area contributed by atoms with E-state index < -0.39 is 0 Å². The molecule has 0 radical (unpaired) electrons. The van der Waals surface area contributed by atoms with Crippen LogP contribution >= 0.6 is 0 Å². The van der Waals surface area contributed by atoms with E-state index in [2.05, 4.69) is 41.8 Å². The Balaban J connectivity index is 2.03. The Morgan fingerprint density at radius 3 is 2.76 bits per heavy atom. The molecular formula is C20H24N4O. The predicted molar refractivity (Wildman–Crippen MR) is 97.1 cm³/mol. The third-order valence-electron chi connectivity index (χ3n) is 4.79. The minimum Gasteiger partial charge on any atom is -0.339 e. The van der Waals surface area contributed by atoms with Crippen LogP contribution in [-0.2, 0) is 13.0 Å². The summed E-state index contributed by atoms with van der Waals surface area (Å²) in [5.41, 5.74) is 3.85. The Hall–Kier alpha value is -2.61. The molecule has 0 spiro atoms. The second kappa shape index (κ2) is 7.52. The summed E-state index contributed by atoms with van der Waals surface area (Å²) in [6.45, 7) is 3.40. The fourth-order valence-corrected chi connectivity index (χ4v) is 3.31. The van der Waals surface area contributed by atoms with E-state index in [4.69, 9.17) is 10.2 Å². The fourth-order valence-electron chi connectivity index (χ4n) is 3.31. The summed E-state index contributed by atoms with van der Waals surface area (Å²) in [7, 11) is 1.74. The van der Waals surface area contributed by atoms with Crippen molar-refractivity contribution >= 4 is 5.91 Å². The number of nitrogens with zero attached hydrogens (tertiary/aromatic N) is 4. The molecule has 0 fully saturated rings. The van der Waals surface area contributed by atoms with E-state index in [0.29, 0.717) is 18.7 Å². The topological polar surface area (TPSA) is 61.9 Å². The number of hydrogen-bond acceptors (Lipinski definition) is 3. The quantitative estimate of drug-likeness (QED) is 0.857. The molecule has 0 aliphatic carbocycles. The Morgan fingerprint density at radius 2 is 2.04 bits per heavy atom. The van der Waals surface area contributed by atoms with Gasteiger partial charge in [0.2, 0.25) is 0 Å². The van der Waals surface area contributed by atoms with Gasteiger partial charge < -0.3 is 9.47 Å². The summed E-state index contributed by atoms with van der Waals surface area (Å²) in [6, 6.07) is 10.4. The van der Waals surface area contributed by atoms with Crippen molar-refractivity contribution in [3.05, 3.63) is 41.2 Å². The van der Waals surface area contributed by atoms with E-state index in [0.717, 1.165) is 42.9 Å². The number of rotatable bonds is 4. The lowest BCUT2D eigenvalue weighted by atomic mass is 10.1. The lowest BCUT2D eigenvalue weighted by Crippen LogP contribution is -2.28. The zero-order valence-electron chi connectivity index (χ0n) is 15.0. The van der Waals surface area contributed by atoms with Gasteiger partial charge in [-0.2, -0.15) is 5.26 Å². The third-order valence-corrected chi connectivity index (χ3v) is 4.79. The zero-order chi connectivity index (χ0) is 17.8. The number of hydrogen-bond donors (Lipinski definition) is 0. The second-order valence-corrected chi connectivity index (χ2v) is 6.69. The molecule has 0 atom stereocenters. The molecule has 0 bridgehead atoms. The van der Waals surface area contributed by atoms with Gasteiger partial charge in [0.1, 0.15) is 11.5 Å². The van der Waals surface area contributed by atoms with Crippen LogP contribution in [0.15, 0.2) is 24.3 Å². The first-order chi connectivity index (χ1) is 12.1. The van der Waals surface area contributed by atoms with Crippen molar-refractivity contribution in [3.63, 3.8) is 0 Å². The average molecular weight is 336 g/mol. The van der Waals surface area contributed by atoms with Gasteiger partial charge in [0.05, 0.1) is 18.2 Å². The number of carbonyl (C=O) groups is 1. The van der Waals surface area contributed by atoms with Gasteiger partial charge in [0.15, 0.2) is 0 Å². The van der Waals surface area contributed by atoms with Crippen molar-refractivity contribution in [2.45, 2.75) is 45.6 Å². The minimum absolute atomic E-state index is 0.0840. The smallest absolute Gasteiger partial charge is 0.274 e. The van der Waals surface area contributed by atoms with Crippen molar-refractivity contribution < 1.29 is 4.79 Å². The maximum Gasteiger partial charge on any atom is 0.274 e. The summed E-state index contributed by atoms with van der Waals surface area (Å²) in [5.74, 6) is 0.799. The van der Waals surface area contributed by atoms with E-state index in [9.17, 15) is 4.79 Å². The lowest BCUT2D eigenvalue weighted by molar-refractivity contribution is 0.0791. The first-order valence-corrected chi connectivity index (χ1v) is 8.90. The van der Waals surface area contributed by atoms with Gasteiger partial charge in [-0.1, -0.05) is 36.2 Å². The molecule has 0 unspecified atom stereocenters. The monoisotopic (exact) mass is 336 g/mol. The number of carbonyl (C=O) groups excluding carboxylic acids is 1. The third kappa shape index (κ3) is 3.58. The summed E-state index contributed by atoms with van der Waals surface area (Å²) in [4.78, 5) is 19.2. The molecule has 1 aliphatic rings. The Kier molecular flexibility index (Phi) is 5.18. The Bertz CT molecular complexity index is 798. The van der Waals surface area contributed by atoms with Crippen LogP contribution in [0.2, 0.25) is 0 Å². The first-order valence-electron chi connectivity index (χ1n) is 8.90. The number of aromatic nitrogens is 2. The fraction of sp³-hybridized carbons (Fsp3) is 0.450. The summed E-state index contributed by atoms with van der Waals surface area (Å²) in [6.07, 6.45) is 4.59. The molecule has 2 aromatic rings. The molecule has 0 saturated carbocycles. The molecule has 1 aromatic heterocycles. The number of nitriles is 1. The van der Waals surface area contributed by atoms with Crippen LogP contribution in [0.5, 0.6) is 0 Å². The number of imidazole rings is 1. The molecular weight excluding hydrogens is 312 g/mol. The molecule has 1 aromatic carbocycles. The number of fused-ring (bicyclic) bond motifs is 1. The van der Waals surface area contributed by atoms with Crippen molar-refractivity contribution in [1.29, 1.82) is 5.26 Å². The molecule has 130 valence electrons. The van der Waals surface area contributed by atoms with Crippen LogP contribution in [0.25, 0.3) is 11.4 Å². The van der Waals surface area contributed by atoms with Crippen LogP contribution in [0.1, 0.15) is 47.4 Å². The highest BCUT2D eigenvalue weighted by Crippen LogP contribution is 2.28. The number of aryl methyl sites for hydroxylation is 1. The minimum atomic E-state index is -0.0840. The van der Waals surface area contributed by atoms with E-state index in [-0.39, 0.29) is 5.91 Å². The molecule has 5 nitrogen and oxygen atoms in total. The highest BCUT2D eigenvalue weighted by Gasteiger charge is 2.26. The number of benzene rings is 1. The lowest BCUT2D eigenvalue weighted by Gasteiger charge is -2.15. The van der Waals surface area contributed by atoms with Gasteiger partial charge in [0.25, 0.3) is 5.91 Å². The largest absolute Gasteiger partial charge is 0.339 e. The Labute approximate surface area is 148 Å². The molecule has 2 heterocycles. The van der Waals surface area contributed by atoms with Crippen LogP contribution in [0.4, 0.5) is 0 Å². The molecule has 5 heteroatoms. The van der Waals surface area contributed by atoms with Crippen molar-refractivity contribution in [2.75, 3.05) is 13.6 Å². The van der Waals surface area contributed by atoms with Crippen LogP contribution in [0.3, 0.4) is 0 Å². The van der Waals surface area contributed by atoms with Gasteiger partial charge in [-0.05, 0) is 26.2 Å². The molecule has 1 aliphatic heterocycles. The maximum atomic E-state index is 12.9. The van der Waals surface area contributed by atoms with Gasteiger partial charge in [-0.3, -0.25) is 4.79 Å². The van der Waals surface area contributed by atoms with Crippen molar-refractivity contribution in [3.8, 4) is 17.5 Å². The highest BCUT2D eigenvalue weighted by atomic mass is 16.2. The maximum absolute atomic E-state index is 12.9. The van der Waals surface area contributed by atoms with Crippen molar-refractivity contribution in [2.24, 2.45) is 0 Å². The SMILES string of the molecule is Cc1ccc(-c2nc(C(=O)N(C)CCC#N)c3n2CCCCC3)cc1. The Morgan fingerprint density at radius 1 is 1.28 bits per heavy atom. The van der Waals surface area contributed by atoms with E-state index in [1.807, 2.05) is 0 Å². The van der Waals surface area contributed by atoms with Crippen LogP contribution < -0.4 is 0 Å². The average Bonchev–Trinajstić information content (AvgIpc) is 2.81. The zero-order valence-corrected chi connectivity index (χ0v) is 15.0. The van der Waals surface area contributed by atoms with E-state index in [1.54, 1.807) is 11.9 Å². The normalized spacial score (nSPS) is 13.6. The molecule has 25 heavy (non-hydrogen) atoms. The van der Waals surface area contributed by atoms with Crippen LogP contribution in [0, 0.1) is 18.3 Å². The number of amides is 1. The van der Waals surface area contributed by atoms with Gasteiger partial charge in [-0.25, -0.2) is 4.98 Å². The van der Waals surface area contributed by atoms with Gasteiger partial charge in [-0.15, -0.1) is 0 Å². The van der Waals surface area contributed by atoms with E-state index >= 15 is 0 Å². The molecule has 0 saturated heterocycles. The highest BCUT2D eigenvalue weighted by molar-refractivity contribution is 5.94. The van der Waals surface area contributed by atoms with Gasteiger partial charge in [0, 0.05) is 25.7 Å². The molecule has 1 amide bonds. The van der Waals surface area contributed by atoms with E-state index in [1.165, 1.54) is 12.0 Å². The summed E-state index contributed by atoms with van der Waals surface area (Å²) < 4.78 is 2.23. The van der Waals surface area contributed by atoms with Crippen LogP contribution in [-0.4, -0.2) is 34.0 Å². The summed E-state index contributed by atoms with van der Waals surface area (Å²) in [5, 5.41) is 8.76. The molecule has 3 rings (SSSR count). The second-order valence-electron chi connectivity index (χ2n) is 6.69. The first kappa shape index (κ1) is 17.2. The van der Waals surface area contributed by atoms with Crippen molar-refractivity contribution in [1.82, 2.24) is 14.5 Å². The molecule has 0 N–H and O–H groups in total. The predicted octanol–water partition coefficient (Wildman–Crippen LogP) is 3.57. The van der Waals surface area contributed by atoms with Gasteiger partial charge >= 0.3 is 0 Å². The summed E-state index contributed by atoms with van der Waals surface area (Å²) >= 11 is 0.